The summed E-state index contributed by atoms with van der Waals surface area (Å²) < 4.78 is 157. The van der Waals surface area contributed by atoms with Crippen molar-refractivity contribution in [3.05, 3.63) is 0 Å². The lowest BCUT2D eigenvalue weighted by Crippen LogP contribution is -2.66. The van der Waals surface area contributed by atoms with Crippen molar-refractivity contribution >= 4 is 0 Å². The van der Waals surface area contributed by atoms with E-state index >= 15 is 4.39 Å². The SMILES string of the molecule is FC(C(F)(F)F)C(F)(F)C1CCCC(C(F)(C(F)N2CCOCC2)C(F)(F)F)O1. The lowest BCUT2D eigenvalue weighted by Gasteiger charge is -2.45. The summed E-state index contributed by atoms with van der Waals surface area (Å²) in [5.74, 6) is -5.28. The number of hydrogen-bond donors (Lipinski definition) is 0. The van der Waals surface area contributed by atoms with Gasteiger partial charge >= 0.3 is 18.3 Å². The maximum atomic E-state index is 15.1. The molecule has 5 unspecified atom stereocenters. The van der Waals surface area contributed by atoms with Crippen LogP contribution in [0.15, 0.2) is 0 Å². The van der Waals surface area contributed by atoms with Gasteiger partial charge in [-0.25, -0.2) is 22.0 Å². The molecule has 0 aromatic carbocycles. The molecule has 172 valence electrons. The third-order valence-corrected chi connectivity index (χ3v) is 4.93. The molecule has 2 aliphatic rings. The molecule has 5 atom stereocenters. The Balaban J connectivity index is 2.30. The van der Waals surface area contributed by atoms with E-state index in [1.54, 1.807) is 0 Å². The van der Waals surface area contributed by atoms with Gasteiger partial charge < -0.3 is 9.47 Å². The number of ether oxygens (including phenoxy) is 2. The molecule has 2 aliphatic heterocycles. The van der Waals surface area contributed by atoms with Crippen molar-refractivity contribution in [1.29, 1.82) is 0 Å². The van der Waals surface area contributed by atoms with Gasteiger partial charge in [-0.3, -0.25) is 4.90 Å². The summed E-state index contributed by atoms with van der Waals surface area (Å²) in [4.78, 5) is 0.440. The minimum Gasteiger partial charge on any atom is -0.379 e. The Morgan fingerprint density at radius 3 is 1.79 bits per heavy atom. The van der Waals surface area contributed by atoms with Gasteiger partial charge in [0.15, 0.2) is 6.30 Å². The Morgan fingerprint density at radius 1 is 0.793 bits per heavy atom. The molecule has 0 amide bonds. The fraction of sp³-hybridized carbons (Fsp3) is 1.00. The average Bonchev–Trinajstić information content (AvgIpc) is 2.65. The van der Waals surface area contributed by atoms with Gasteiger partial charge in [0.1, 0.15) is 12.2 Å². The van der Waals surface area contributed by atoms with Gasteiger partial charge in [0, 0.05) is 13.1 Å². The second kappa shape index (κ2) is 8.33. The van der Waals surface area contributed by atoms with Crippen LogP contribution in [0.3, 0.4) is 0 Å². The summed E-state index contributed by atoms with van der Waals surface area (Å²) in [7, 11) is 0. The van der Waals surface area contributed by atoms with Crippen LogP contribution in [0.25, 0.3) is 0 Å². The normalized spacial score (nSPS) is 29.9. The van der Waals surface area contributed by atoms with Crippen LogP contribution in [0.2, 0.25) is 0 Å². The molecule has 0 bridgehead atoms. The van der Waals surface area contributed by atoms with E-state index in [9.17, 15) is 43.9 Å². The van der Waals surface area contributed by atoms with Crippen molar-refractivity contribution in [3.8, 4) is 0 Å². The maximum absolute atomic E-state index is 15.1. The van der Waals surface area contributed by atoms with Crippen LogP contribution in [-0.4, -0.2) is 79.8 Å². The van der Waals surface area contributed by atoms with Crippen LogP contribution >= 0.6 is 0 Å². The lowest BCUT2D eigenvalue weighted by atomic mass is 9.87. The molecule has 2 saturated heterocycles. The van der Waals surface area contributed by atoms with Crippen LogP contribution in [0.1, 0.15) is 19.3 Å². The largest absolute Gasteiger partial charge is 0.429 e. The smallest absolute Gasteiger partial charge is 0.379 e. The molecule has 14 heteroatoms. The van der Waals surface area contributed by atoms with E-state index in [1.807, 2.05) is 0 Å². The molecular weight excluding hydrogens is 435 g/mol. The highest BCUT2D eigenvalue weighted by Gasteiger charge is 2.70. The molecule has 29 heavy (non-hydrogen) atoms. The van der Waals surface area contributed by atoms with Crippen molar-refractivity contribution in [2.24, 2.45) is 0 Å². The summed E-state index contributed by atoms with van der Waals surface area (Å²) in [6.07, 6.45) is -28.5. The van der Waals surface area contributed by atoms with Crippen molar-refractivity contribution in [2.45, 2.75) is 67.9 Å². The lowest BCUT2D eigenvalue weighted by molar-refractivity contribution is -0.336. The first-order valence-corrected chi connectivity index (χ1v) is 8.59. The van der Waals surface area contributed by atoms with Gasteiger partial charge in [0.25, 0.3) is 11.8 Å². The van der Waals surface area contributed by atoms with Crippen molar-refractivity contribution in [2.75, 3.05) is 26.3 Å². The molecular formula is C15H18F11NO2. The molecule has 0 spiro atoms. The van der Waals surface area contributed by atoms with Crippen LogP contribution in [0.4, 0.5) is 48.3 Å². The molecule has 2 rings (SSSR count). The van der Waals surface area contributed by atoms with E-state index in [-0.39, 0.29) is 13.2 Å². The van der Waals surface area contributed by atoms with E-state index in [4.69, 9.17) is 4.74 Å². The third kappa shape index (κ3) is 4.73. The summed E-state index contributed by atoms with van der Waals surface area (Å²) in [6.45, 7) is -1.29. The molecule has 0 N–H and O–H groups in total. The fourth-order valence-electron chi connectivity index (χ4n) is 3.34. The van der Waals surface area contributed by atoms with Gasteiger partial charge in [0.05, 0.1) is 13.2 Å². The zero-order chi connectivity index (χ0) is 22.3. The standard InChI is InChI=1S/C15H18F11NO2/c16-10(14(21,22)23)13(19,20)9-3-1-2-8(29-9)12(18,15(24,25)26)11(17)27-4-6-28-7-5-27/h8-11H,1-7H2. The van der Waals surface area contributed by atoms with Gasteiger partial charge in [-0.15, -0.1) is 0 Å². The first-order chi connectivity index (χ1) is 13.1. The van der Waals surface area contributed by atoms with Gasteiger partial charge in [0.2, 0.25) is 0 Å². The average molecular weight is 453 g/mol. The molecule has 2 heterocycles. The Labute approximate surface area is 158 Å². The number of halogens is 11. The van der Waals surface area contributed by atoms with Crippen molar-refractivity contribution < 1.29 is 57.8 Å². The first kappa shape index (κ1) is 24.4. The zero-order valence-electron chi connectivity index (χ0n) is 14.7. The Kier molecular flexibility index (Phi) is 7.00. The maximum Gasteiger partial charge on any atom is 0.429 e. The molecule has 3 nitrogen and oxygen atoms in total. The van der Waals surface area contributed by atoms with E-state index in [1.165, 1.54) is 0 Å². The van der Waals surface area contributed by atoms with Crippen molar-refractivity contribution in [1.82, 2.24) is 4.90 Å². The highest BCUT2D eigenvalue weighted by Crippen LogP contribution is 2.49. The molecule has 0 aliphatic carbocycles. The quantitative estimate of drug-likeness (QED) is 0.456. The summed E-state index contributed by atoms with van der Waals surface area (Å²) >= 11 is 0. The zero-order valence-corrected chi connectivity index (χ0v) is 14.7. The number of rotatable bonds is 5. The molecule has 0 radical (unpaired) electrons. The number of morpholine rings is 1. The number of alkyl halides is 11. The highest BCUT2D eigenvalue weighted by atomic mass is 19.4. The summed E-state index contributed by atoms with van der Waals surface area (Å²) in [6, 6.07) is 0. The highest BCUT2D eigenvalue weighted by molar-refractivity contribution is 5.04. The van der Waals surface area contributed by atoms with Crippen LogP contribution in [-0.2, 0) is 9.47 Å². The van der Waals surface area contributed by atoms with Gasteiger partial charge in [-0.2, -0.15) is 26.3 Å². The predicted molar refractivity (Wildman–Crippen MR) is 75.6 cm³/mol. The van der Waals surface area contributed by atoms with Crippen LogP contribution in [0, 0.1) is 0 Å². The predicted octanol–water partition coefficient (Wildman–Crippen LogP) is 4.36. The minimum absolute atomic E-state index is 0.213. The monoisotopic (exact) mass is 453 g/mol. The molecule has 2 fully saturated rings. The molecule has 0 saturated carbocycles. The molecule has 0 aromatic heterocycles. The number of nitrogens with zero attached hydrogens (tertiary/aromatic N) is 1. The topological polar surface area (TPSA) is 21.7 Å². The summed E-state index contributed by atoms with van der Waals surface area (Å²) in [5.41, 5.74) is -4.82. The van der Waals surface area contributed by atoms with Crippen molar-refractivity contribution in [3.63, 3.8) is 0 Å². The second-order valence-corrected chi connectivity index (χ2v) is 6.87. The minimum atomic E-state index is -6.02. The van der Waals surface area contributed by atoms with Gasteiger partial charge in [-0.1, -0.05) is 0 Å². The van der Waals surface area contributed by atoms with E-state index in [2.05, 4.69) is 4.74 Å². The first-order valence-electron chi connectivity index (χ1n) is 8.59. The van der Waals surface area contributed by atoms with Crippen LogP contribution < -0.4 is 0 Å². The Bertz CT molecular complexity index is 549. The fourth-order valence-corrected chi connectivity index (χ4v) is 3.34. The summed E-state index contributed by atoms with van der Waals surface area (Å²) in [5, 5.41) is 0. The third-order valence-electron chi connectivity index (χ3n) is 4.93. The Hall–Kier alpha value is -0.890. The number of hydrogen-bond acceptors (Lipinski definition) is 3. The van der Waals surface area contributed by atoms with Crippen LogP contribution in [0.5, 0.6) is 0 Å². The molecule has 0 aromatic rings. The van der Waals surface area contributed by atoms with E-state index in [0.29, 0.717) is 4.90 Å². The van der Waals surface area contributed by atoms with E-state index < -0.39 is 81.0 Å². The second-order valence-electron chi connectivity index (χ2n) is 6.87. The van der Waals surface area contributed by atoms with E-state index in [0.717, 1.165) is 0 Å². The Morgan fingerprint density at radius 2 is 1.31 bits per heavy atom. The van der Waals surface area contributed by atoms with Gasteiger partial charge in [-0.05, 0) is 19.3 Å².